The van der Waals surface area contributed by atoms with E-state index in [9.17, 15) is 19.7 Å². The number of nitro benzene ring substituents is 1. The van der Waals surface area contributed by atoms with Crippen LogP contribution in [-0.2, 0) is 4.79 Å². The van der Waals surface area contributed by atoms with Crippen LogP contribution in [0.15, 0.2) is 23.3 Å². The summed E-state index contributed by atoms with van der Waals surface area (Å²) < 4.78 is 0. The maximum atomic E-state index is 11.9. The lowest BCUT2D eigenvalue weighted by Gasteiger charge is -2.04. The zero-order valence-corrected chi connectivity index (χ0v) is 13.5. The summed E-state index contributed by atoms with van der Waals surface area (Å²) in [6.45, 7) is 4.13. The summed E-state index contributed by atoms with van der Waals surface area (Å²) >= 11 is 5.74. The molecule has 2 N–H and O–H groups in total. The third-order valence-corrected chi connectivity index (χ3v) is 3.05. The molecule has 0 heterocycles. The lowest BCUT2D eigenvalue weighted by molar-refractivity contribution is -0.384. The number of nitrogens with one attached hydrogen (secondary N) is 2. The van der Waals surface area contributed by atoms with E-state index < -0.39 is 10.8 Å². The highest BCUT2D eigenvalue weighted by Gasteiger charge is 2.15. The molecular weight excluding hydrogens is 324 g/mol. The molecule has 0 saturated carbocycles. The van der Waals surface area contributed by atoms with Crippen molar-refractivity contribution in [2.75, 3.05) is 6.54 Å². The fourth-order valence-electron chi connectivity index (χ4n) is 1.61. The largest absolute Gasteiger partial charge is 0.356 e. The Morgan fingerprint density at radius 3 is 2.65 bits per heavy atom. The van der Waals surface area contributed by atoms with Gasteiger partial charge in [0.05, 0.1) is 11.3 Å². The minimum Gasteiger partial charge on any atom is -0.356 e. The molecule has 1 aromatic carbocycles. The third kappa shape index (κ3) is 6.03. The highest BCUT2D eigenvalue weighted by molar-refractivity contribution is 6.33. The number of hydrazone groups is 1. The molecule has 0 unspecified atom stereocenters. The number of carbonyl (C=O) groups excluding carboxylic acids is 2. The number of halogens is 1. The number of amides is 2. The van der Waals surface area contributed by atoms with Gasteiger partial charge in [-0.1, -0.05) is 18.5 Å². The highest BCUT2D eigenvalue weighted by atomic mass is 35.5. The molecule has 0 fully saturated rings. The Morgan fingerprint density at radius 1 is 1.39 bits per heavy atom. The minimum absolute atomic E-state index is 0.0707. The van der Waals surface area contributed by atoms with E-state index in [2.05, 4.69) is 15.8 Å². The van der Waals surface area contributed by atoms with Crippen molar-refractivity contribution in [3.8, 4) is 0 Å². The van der Waals surface area contributed by atoms with Crippen LogP contribution >= 0.6 is 11.6 Å². The topological polar surface area (TPSA) is 114 Å². The number of nitrogens with zero attached hydrogens (tertiary/aromatic N) is 2. The van der Waals surface area contributed by atoms with Gasteiger partial charge in [0.15, 0.2) is 0 Å². The summed E-state index contributed by atoms with van der Waals surface area (Å²) in [5, 5.41) is 17.0. The normalized spacial score (nSPS) is 11.0. The number of hydrogen-bond donors (Lipinski definition) is 2. The fourth-order valence-corrected chi connectivity index (χ4v) is 1.86. The maximum Gasteiger partial charge on any atom is 0.287 e. The second kappa shape index (κ2) is 8.84. The summed E-state index contributed by atoms with van der Waals surface area (Å²) in [6, 6.07) is 3.61. The Morgan fingerprint density at radius 2 is 2.09 bits per heavy atom. The zero-order valence-electron chi connectivity index (χ0n) is 12.8. The molecule has 0 radical (unpaired) electrons. The van der Waals surface area contributed by atoms with Gasteiger partial charge in [-0.25, -0.2) is 5.43 Å². The second-order valence-electron chi connectivity index (χ2n) is 4.74. The van der Waals surface area contributed by atoms with Crippen LogP contribution in [0.1, 0.15) is 37.0 Å². The van der Waals surface area contributed by atoms with E-state index in [0.29, 0.717) is 12.3 Å². The molecule has 0 aliphatic heterocycles. The van der Waals surface area contributed by atoms with Gasteiger partial charge in [0.25, 0.3) is 11.6 Å². The quantitative estimate of drug-likeness (QED) is 0.450. The van der Waals surface area contributed by atoms with Crippen LogP contribution in [0.25, 0.3) is 0 Å². The molecule has 0 aliphatic carbocycles. The lowest BCUT2D eigenvalue weighted by atomic mass is 10.2. The molecule has 0 spiro atoms. The van der Waals surface area contributed by atoms with Gasteiger partial charge in [0.1, 0.15) is 5.02 Å². The summed E-state index contributed by atoms with van der Waals surface area (Å²) in [7, 11) is 0. The molecule has 9 heteroatoms. The van der Waals surface area contributed by atoms with Crippen LogP contribution in [0.5, 0.6) is 0 Å². The van der Waals surface area contributed by atoms with E-state index in [1.165, 1.54) is 12.1 Å². The summed E-state index contributed by atoms with van der Waals surface area (Å²) in [5.74, 6) is -0.754. The molecule has 0 bridgehead atoms. The van der Waals surface area contributed by atoms with Crippen LogP contribution in [0, 0.1) is 10.1 Å². The number of benzene rings is 1. The molecule has 2 amide bonds. The van der Waals surface area contributed by atoms with Crippen LogP contribution in [0.4, 0.5) is 5.69 Å². The molecule has 124 valence electrons. The molecule has 23 heavy (non-hydrogen) atoms. The Hall–Kier alpha value is -2.48. The van der Waals surface area contributed by atoms with Gasteiger partial charge >= 0.3 is 0 Å². The first kappa shape index (κ1) is 18.6. The van der Waals surface area contributed by atoms with Crippen molar-refractivity contribution in [2.45, 2.75) is 26.7 Å². The van der Waals surface area contributed by atoms with E-state index in [1.807, 2.05) is 6.92 Å². The zero-order chi connectivity index (χ0) is 17.4. The van der Waals surface area contributed by atoms with Crippen molar-refractivity contribution in [3.05, 3.63) is 38.9 Å². The SMILES string of the molecule is CCCNC(=O)CC(C)=NNC(=O)c1ccc([N+](=O)[O-])c(Cl)c1. The van der Waals surface area contributed by atoms with Gasteiger partial charge in [-0.05, 0) is 25.5 Å². The number of carbonyl (C=O) groups is 2. The lowest BCUT2D eigenvalue weighted by Crippen LogP contribution is -2.27. The monoisotopic (exact) mass is 340 g/mol. The van der Waals surface area contributed by atoms with Gasteiger partial charge in [-0.3, -0.25) is 19.7 Å². The first-order valence-electron chi connectivity index (χ1n) is 6.89. The first-order valence-corrected chi connectivity index (χ1v) is 7.27. The van der Waals surface area contributed by atoms with E-state index in [4.69, 9.17) is 11.6 Å². The van der Waals surface area contributed by atoms with Crippen molar-refractivity contribution >= 4 is 34.8 Å². The fraction of sp³-hybridized carbons (Fsp3) is 0.357. The average molecular weight is 341 g/mol. The van der Waals surface area contributed by atoms with E-state index >= 15 is 0 Å². The van der Waals surface area contributed by atoms with E-state index in [1.54, 1.807) is 6.92 Å². The second-order valence-corrected chi connectivity index (χ2v) is 5.15. The van der Waals surface area contributed by atoms with Crippen molar-refractivity contribution in [1.82, 2.24) is 10.7 Å². The first-order chi connectivity index (χ1) is 10.8. The predicted octanol–water partition coefficient (Wildman–Crippen LogP) is 2.27. The highest BCUT2D eigenvalue weighted by Crippen LogP contribution is 2.24. The molecule has 0 aromatic heterocycles. The van der Waals surface area contributed by atoms with Gasteiger partial charge in [0, 0.05) is 23.9 Å². The van der Waals surface area contributed by atoms with Gasteiger partial charge < -0.3 is 5.32 Å². The molecule has 1 aromatic rings. The Balaban J connectivity index is 2.65. The third-order valence-electron chi connectivity index (χ3n) is 2.74. The molecule has 0 saturated heterocycles. The van der Waals surface area contributed by atoms with E-state index in [0.717, 1.165) is 12.5 Å². The molecular formula is C14H17ClN4O4. The number of nitro groups is 1. The molecule has 8 nitrogen and oxygen atoms in total. The van der Waals surface area contributed by atoms with Crippen LogP contribution in [0.2, 0.25) is 5.02 Å². The summed E-state index contributed by atoms with van der Waals surface area (Å²) in [6.07, 6.45) is 0.904. The van der Waals surface area contributed by atoms with Crippen LogP contribution < -0.4 is 10.7 Å². The standard InChI is InChI=1S/C14H17ClN4O4/c1-3-6-16-13(20)7-9(2)17-18-14(21)10-4-5-12(19(22)23)11(15)8-10/h4-5,8H,3,6-7H2,1-2H3,(H,16,20)(H,18,21). The Bertz CT molecular complexity index is 646. The van der Waals surface area contributed by atoms with E-state index in [-0.39, 0.29) is 28.6 Å². The van der Waals surface area contributed by atoms with Crippen LogP contribution in [0.3, 0.4) is 0 Å². The summed E-state index contributed by atoms with van der Waals surface area (Å²) in [5.41, 5.74) is 2.56. The molecule has 1 rings (SSSR count). The maximum absolute atomic E-state index is 11.9. The van der Waals surface area contributed by atoms with Crippen molar-refractivity contribution in [2.24, 2.45) is 5.10 Å². The van der Waals surface area contributed by atoms with Crippen LogP contribution in [-0.4, -0.2) is 29.0 Å². The molecule has 0 aliphatic rings. The average Bonchev–Trinajstić information content (AvgIpc) is 2.50. The molecule has 0 atom stereocenters. The predicted molar refractivity (Wildman–Crippen MR) is 86.6 cm³/mol. The van der Waals surface area contributed by atoms with Gasteiger partial charge in [-0.2, -0.15) is 5.10 Å². The van der Waals surface area contributed by atoms with Gasteiger partial charge in [0.2, 0.25) is 5.91 Å². The Kier molecular flexibility index (Phi) is 7.14. The minimum atomic E-state index is -0.638. The Labute approximate surface area is 138 Å². The smallest absolute Gasteiger partial charge is 0.287 e. The van der Waals surface area contributed by atoms with Gasteiger partial charge in [-0.15, -0.1) is 0 Å². The number of rotatable bonds is 7. The summed E-state index contributed by atoms with van der Waals surface area (Å²) in [4.78, 5) is 33.4. The van der Waals surface area contributed by atoms with Crippen molar-refractivity contribution < 1.29 is 14.5 Å². The number of hydrogen-bond acceptors (Lipinski definition) is 5. The van der Waals surface area contributed by atoms with Crippen molar-refractivity contribution in [1.29, 1.82) is 0 Å². The van der Waals surface area contributed by atoms with Crippen molar-refractivity contribution in [3.63, 3.8) is 0 Å².